The number of unbranched alkanes of at least 4 members (excludes halogenated alkanes) is 3. The molecule has 4 unspecified atom stereocenters. The smallest absolute Gasteiger partial charge is 0.310 e. The van der Waals surface area contributed by atoms with E-state index in [1.807, 2.05) is 24.3 Å². The fourth-order valence-electron chi connectivity index (χ4n) is 5.21. The van der Waals surface area contributed by atoms with Gasteiger partial charge in [0.25, 0.3) is 0 Å². The second kappa shape index (κ2) is 18.1. The molecule has 0 aliphatic carbocycles. The number of hydrogen-bond acceptors (Lipinski definition) is 4. The lowest BCUT2D eigenvalue weighted by molar-refractivity contribution is -0.140. The molecule has 0 radical (unpaired) electrons. The molecule has 4 atom stereocenters. The van der Waals surface area contributed by atoms with E-state index in [4.69, 9.17) is 0 Å². The van der Waals surface area contributed by atoms with Gasteiger partial charge < -0.3 is 20.4 Å². The van der Waals surface area contributed by atoms with Crippen molar-refractivity contribution < 1.29 is 39.6 Å². The maximum absolute atomic E-state index is 11.4. The van der Waals surface area contributed by atoms with Crippen molar-refractivity contribution in [2.45, 2.75) is 117 Å². The molecule has 0 amide bonds. The molecule has 2 aromatic carbocycles. The topological polar surface area (TPSA) is 149 Å². The molecule has 0 spiro atoms. The molecule has 2 rings (SSSR count). The van der Waals surface area contributed by atoms with Gasteiger partial charge in [0.1, 0.15) is 0 Å². The van der Waals surface area contributed by atoms with Crippen LogP contribution in [0.1, 0.15) is 138 Å². The zero-order valence-corrected chi connectivity index (χ0v) is 26.7. The lowest BCUT2D eigenvalue weighted by atomic mass is 9.83. The summed E-state index contributed by atoms with van der Waals surface area (Å²) in [5, 5.41) is 37.2. The first-order chi connectivity index (χ1) is 20.1. The highest BCUT2D eigenvalue weighted by atomic mass is 16.4. The molecule has 0 aliphatic heterocycles. The summed E-state index contributed by atoms with van der Waals surface area (Å²) in [4.78, 5) is 45.4. The van der Waals surface area contributed by atoms with Crippen molar-refractivity contribution in [3.63, 3.8) is 0 Å². The number of hydrogen-bond donors (Lipinski definition) is 4. The van der Waals surface area contributed by atoms with E-state index in [0.717, 1.165) is 56.1 Å². The lowest BCUT2D eigenvalue weighted by Crippen LogP contribution is -2.17. The molecule has 0 saturated carbocycles. The standard InChI is InChI=1S/C18H26O4.C17H24O4/c1-4-5-6-7-9-14-10-8-11-15(12(2)17(19)20)16(14)13(3)18(21)22;1-10(2)8-9-13-6-5-7-14(11(3)16(18)19)15(13)12(4)17(20)21/h8,10-13H,4-7,9H2,1-3H3,(H,19,20)(H,21,22);5-7,10-12H,8-9H2,1-4H3,(H,18,19)(H,20,21). The summed E-state index contributed by atoms with van der Waals surface area (Å²) in [5.74, 6) is -6.00. The van der Waals surface area contributed by atoms with E-state index in [9.17, 15) is 39.6 Å². The van der Waals surface area contributed by atoms with Gasteiger partial charge in [0, 0.05) is 0 Å². The predicted molar refractivity (Wildman–Crippen MR) is 168 cm³/mol. The van der Waals surface area contributed by atoms with E-state index < -0.39 is 47.5 Å². The average molecular weight is 599 g/mol. The van der Waals surface area contributed by atoms with Crippen LogP contribution in [0.3, 0.4) is 0 Å². The van der Waals surface area contributed by atoms with Crippen molar-refractivity contribution in [3.05, 3.63) is 69.8 Å². The van der Waals surface area contributed by atoms with Crippen LogP contribution in [0.25, 0.3) is 0 Å². The van der Waals surface area contributed by atoms with Crippen molar-refractivity contribution >= 4 is 23.9 Å². The van der Waals surface area contributed by atoms with Crippen molar-refractivity contribution in [3.8, 4) is 0 Å². The summed E-state index contributed by atoms with van der Waals surface area (Å²) in [6, 6.07) is 11.0. The minimum Gasteiger partial charge on any atom is -0.481 e. The molecule has 0 bridgehead atoms. The molecule has 238 valence electrons. The van der Waals surface area contributed by atoms with Gasteiger partial charge in [0.05, 0.1) is 23.7 Å². The van der Waals surface area contributed by atoms with Gasteiger partial charge in [-0.3, -0.25) is 19.2 Å². The molecule has 2 aromatic rings. The first-order valence-corrected chi connectivity index (χ1v) is 15.3. The van der Waals surface area contributed by atoms with Crippen LogP contribution in [0.2, 0.25) is 0 Å². The summed E-state index contributed by atoms with van der Waals surface area (Å²) in [7, 11) is 0. The Morgan fingerprint density at radius 2 is 0.953 bits per heavy atom. The van der Waals surface area contributed by atoms with Crippen LogP contribution in [0, 0.1) is 5.92 Å². The van der Waals surface area contributed by atoms with Crippen LogP contribution < -0.4 is 0 Å². The minimum atomic E-state index is -0.935. The van der Waals surface area contributed by atoms with E-state index >= 15 is 0 Å². The predicted octanol–water partition coefficient (Wildman–Crippen LogP) is 7.84. The first kappa shape index (κ1) is 37.3. The van der Waals surface area contributed by atoms with Gasteiger partial charge in [0.2, 0.25) is 0 Å². The third-order valence-electron chi connectivity index (χ3n) is 8.03. The molecule has 8 heteroatoms. The van der Waals surface area contributed by atoms with Crippen LogP contribution in [-0.4, -0.2) is 44.3 Å². The summed E-state index contributed by atoms with van der Waals surface area (Å²) in [6.45, 7) is 12.8. The second-order valence-corrected chi connectivity index (χ2v) is 11.8. The summed E-state index contributed by atoms with van der Waals surface area (Å²) < 4.78 is 0. The highest BCUT2D eigenvalue weighted by Gasteiger charge is 2.27. The normalized spacial score (nSPS) is 13.8. The third-order valence-corrected chi connectivity index (χ3v) is 8.03. The maximum atomic E-state index is 11.4. The highest BCUT2D eigenvalue weighted by Crippen LogP contribution is 2.32. The molecule has 0 aromatic heterocycles. The monoisotopic (exact) mass is 598 g/mol. The largest absolute Gasteiger partial charge is 0.481 e. The number of aryl methyl sites for hydroxylation is 2. The number of carboxylic acids is 4. The molecule has 0 heterocycles. The Hall–Kier alpha value is -3.68. The van der Waals surface area contributed by atoms with Crippen molar-refractivity contribution in [1.29, 1.82) is 0 Å². The van der Waals surface area contributed by atoms with Crippen LogP contribution in [0.5, 0.6) is 0 Å². The van der Waals surface area contributed by atoms with E-state index in [1.54, 1.807) is 39.8 Å². The van der Waals surface area contributed by atoms with Crippen molar-refractivity contribution in [2.75, 3.05) is 0 Å². The fourth-order valence-corrected chi connectivity index (χ4v) is 5.21. The second-order valence-electron chi connectivity index (χ2n) is 11.8. The molecular formula is C35H50O8. The van der Waals surface area contributed by atoms with Crippen LogP contribution in [0.15, 0.2) is 36.4 Å². The SMILES string of the molecule is CC(C)CCc1cccc(C(C)C(=O)O)c1C(C)C(=O)O.CCCCCCc1cccc(C(C)C(=O)O)c1C(C)C(=O)O. The summed E-state index contributed by atoms with van der Waals surface area (Å²) >= 11 is 0. The van der Waals surface area contributed by atoms with Crippen molar-refractivity contribution in [1.82, 2.24) is 0 Å². The van der Waals surface area contributed by atoms with Gasteiger partial charge in [-0.05, 0) is 92.7 Å². The molecule has 4 N–H and O–H groups in total. The number of aliphatic carboxylic acids is 4. The van der Waals surface area contributed by atoms with Gasteiger partial charge in [-0.2, -0.15) is 0 Å². The lowest BCUT2D eigenvalue weighted by Gasteiger charge is -2.21. The highest BCUT2D eigenvalue weighted by molar-refractivity contribution is 5.81. The molecule has 43 heavy (non-hydrogen) atoms. The van der Waals surface area contributed by atoms with Gasteiger partial charge in [-0.1, -0.05) is 76.4 Å². The third kappa shape index (κ3) is 11.2. The zero-order valence-electron chi connectivity index (χ0n) is 26.7. The summed E-state index contributed by atoms with van der Waals surface area (Å²) in [5.41, 5.74) is 4.50. The van der Waals surface area contributed by atoms with E-state index in [2.05, 4.69) is 20.8 Å². The van der Waals surface area contributed by atoms with Crippen LogP contribution in [0.4, 0.5) is 0 Å². The molecular weight excluding hydrogens is 548 g/mol. The Balaban J connectivity index is 0.000000430. The van der Waals surface area contributed by atoms with Crippen LogP contribution >= 0.6 is 0 Å². The number of carbonyl (C=O) groups is 4. The Labute approximate surface area is 256 Å². The number of rotatable bonds is 16. The van der Waals surface area contributed by atoms with Gasteiger partial charge in [0.15, 0.2) is 0 Å². The van der Waals surface area contributed by atoms with Gasteiger partial charge in [-0.25, -0.2) is 0 Å². The van der Waals surface area contributed by atoms with Gasteiger partial charge in [-0.15, -0.1) is 0 Å². The Kier molecular flexibility index (Phi) is 15.7. The van der Waals surface area contributed by atoms with Crippen molar-refractivity contribution in [2.24, 2.45) is 5.92 Å². The Morgan fingerprint density at radius 1 is 0.558 bits per heavy atom. The average Bonchev–Trinajstić information content (AvgIpc) is 2.96. The molecule has 8 nitrogen and oxygen atoms in total. The van der Waals surface area contributed by atoms with Crippen LogP contribution in [-0.2, 0) is 32.0 Å². The Morgan fingerprint density at radius 3 is 1.30 bits per heavy atom. The molecule has 0 saturated heterocycles. The van der Waals surface area contributed by atoms with E-state index in [-0.39, 0.29) is 0 Å². The van der Waals surface area contributed by atoms with E-state index in [1.165, 1.54) is 0 Å². The minimum absolute atomic E-state index is 0.513. The number of carboxylic acid groups (broad SMARTS) is 4. The quantitative estimate of drug-likeness (QED) is 0.143. The molecule has 0 aliphatic rings. The van der Waals surface area contributed by atoms with E-state index in [0.29, 0.717) is 28.2 Å². The zero-order chi connectivity index (χ0) is 32.9. The Bertz CT molecular complexity index is 1230. The summed E-state index contributed by atoms with van der Waals surface area (Å²) in [6.07, 6.45) is 6.93. The molecule has 0 fully saturated rings. The first-order valence-electron chi connectivity index (χ1n) is 15.3. The number of benzene rings is 2. The maximum Gasteiger partial charge on any atom is 0.310 e. The fraction of sp³-hybridized carbons (Fsp3) is 0.543. The van der Waals surface area contributed by atoms with Gasteiger partial charge >= 0.3 is 23.9 Å².